The first kappa shape index (κ1) is 31.9. The molecule has 0 fully saturated rings. The van der Waals surface area contributed by atoms with Gasteiger partial charge in [0.05, 0.1) is 22.1 Å². The van der Waals surface area contributed by atoms with Crippen molar-refractivity contribution < 1.29 is 4.42 Å². The maximum Gasteiger partial charge on any atom is 0.165 e. The Morgan fingerprint density at radius 2 is 1.00 bits per heavy atom. The van der Waals surface area contributed by atoms with Crippen LogP contribution in [0.25, 0.3) is 115 Å². The van der Waals surface area contributed by atoms with Crippen LogP contribution in [0, 0.1) is 0 Å². The largest absolute Gasteiger partial charge is 0.456 e. The van der Waals surface area contributed by atoms with Gasteiger partial charge in [0.25, 0.3) is 0 Å². The van der Waals surface area contributed by atoms with Gasteiger partial charge in [0, 0.05) is 53.0 Å². The molecule has 0 N–H and O–H groups in total. The number of hydrogen-bond donors (Lipinski definition) is 0. The van der Waals surface area contributed by atoms with Crippen molar-refractivity contribution >= 4 is 75.3 Å². The number of furan rings is 1. The van der Waals surface area contributed by atoms with E-state index in [2.05, 4.69) is 126 Å². The Morgan fingerprint density at radius 1 is 0.404 bits per heavy atom. The Labute approximate surface area is 330 Å². The topological polar surface area (TPSA) is 56.7 Å². The van der Waals surface area contributed by atoms with Gasteiger partial charge in [-0.25, -0.2) is 15.0 Å². The fourth-order valence-electron chi connectivity index (χ4n) is 8.44. The predicted octanol–water partition coefficient (Wildman–Crippen LogP) is 13.9. The molecule has 0 amide bonds. The van der Waals surface area contributed by atoms with E-state index in [0.29, 0.717) is 17.5 Å². The first-order valence-corrected chi connectivity index (χ1v) is 19.8. The van der Waals surface area contributed by atoms with Crippen molar-refractivity contribution in [1.29, 1.82) is 0 Å². The summed E-state index contributed by atoms with van der Waals surface area (Å²) in [7, 11) is 0. The predicted molar refractivity (Wildman–Crippen MR) is 236 cm³/mol. The normalized spacial score (nSPS) is 11.9. The van der Waals surface area contributed by atoms with Crippen LogP contribution < -0.4 is 0 Å². The Kier molecular flexibility index (Phi) is 7.03. The molecule has 0 aliphatic carbocycles. The summed E-state index contributed by atoms with van der Waals surface area (Å²) in [6.45, 7) is 0. The van der Waals surface area contributed by atoms with Gasteiger partial charge in [-0.15, -0.1) is 11.3 Å². The molecule has 0 saturated heterocycles. The number of benzene rings is 8. The van der Waals surface area contributed by atoms with Gasteiger partial charge in [-0.1, -0.05) is 127 Å². The molecule has 8 aromatic carbocycles. The molecule has 0 aliphatic rings. The third-order valence-corrected chi connectivity index (χ3v) is 12.3. The van der Waals surface area contributed by atoms with Gasteiger partial charge in [-0.3, -0.25) is 0 Å². The van der Waals surface area contributed by atoms with Crippen molar-refractivity contribution in [2.45, 2.75) is 0 Å². The summed E-state index contributed by atoms with van der Waals surface area (Å²) in [6.07, 6.45) is 0. The third kappa shape index (κ3) is 5.04. The van der Waals surface area contributed by atoms with Crippen molar-refractivity contribution in [2.24, 2.45) is 0 Å². The maximum atomic E-state index is 6.64. The molecule has 0 saturated carbocycles. The molecule has 5 nitrogen and oxygen atoms in total. The van der Waals surface area contributed by atoms with Gasteiger partial charge in [-0.05, 0) is 65.7 Å². The third-order valence-electron chi connectivity index (χ3n) is 11.1. The fraction of sp³-hybridized carbons (Fsp3) is 0. The van der Waals surface area contributed by atoms with Gasteiger partial charge < -0.3 is 8.98 Å². The molecule has 4 heterocycles. The number of aromatic nitrogens is 4. The SMILES string of the molecule is c1ccc(-c2nc(-c3ccccc3)nc(-c3cccc4c3sc3ccc(-c5ccc6c(c5)oc5cccc(-n7c8ccccc8c8ccccc87)c56)cc34)n2)cc1. The zero-order chi connectivity index (χ0) is 37.5. The number of nitrogens with zero attached hydrogens (tertiary/aromatic N) is 4. The van der Waals surface area contributed by atoms with Gasteiger partial charge >= 0.3 is 0 Å². The van der Waals surface area contributed by atoms with Crippen LogP contribution in [0.15, 0.2) is 186 Å². The second-order valence-corrected chi connectivity index (χ2v) is 15.4. The van der Waals surface area contributed by atoms with Crippen LogP contribution in [0.2, 0.25) is 0 Å². The summed E-state index contributed by atoms with van der Waals surface area (Å²) < 4.78 is 11.4. The fourth-order valence-corrected chi connectivity index (χ4v) is 9.63. The van der Waals surface area contributed by atoms with Crippen LogP contribution in [-0.2, 0) is 0 Å². The highest BCUT2D eigenvalue weighted by molar-refractivity contribution is 7.26. The van der Waals surface area contributed by atoms with Crippen LogP contribution in [0.4, 0.5) is 0 Å². The zero-order valence-electron chi connectivity index (χ0n) is 30.4. The van der Waals surface area contributed by atoms with E-state index < -0.39 is 0 Å². The number of hydrogen-bond acceptors (Lipinski definition) is 5. The molecular formula is C51H30N4OS. The average molecular weight is 747 g/mol. The minimum atomic E-state index is 0.656. The highest BCUT2D eigenvalue weighted by Crippen LogP contribution is 2.43. The Morgan fingerprint density at radius 3 is 1.72 bits per heavy atom. The Hall–Kier alpha value is -7.41. The lowest BCUT2D eigenvalue weighted by molar-refractivity contribution is 0.669. The molecule has 0 unspecified atom stereocenters. The lowest BCUT2D eigenvalue weighted by Gasteiger charge is -2.09. The van der Waals surface area contributed by atoms with Crippen molar-refractivity contribution in [2.75, 3.05) is 0 Å². The van der Waals surface area contributed by atoms with E-state index in [4.69, 9.17) is 19.4 Å². The molecule has 57 heavy (non-hydrogen) atoms. The number of para-hydroxylation sites is 2. The summed E-state index contributed by atoms with van der Waals surface area (Å²) in [4.78, 5) is 15.0. The molecule has 0 spiro atoms. The van der Waals surface area contributed by atoms with Crippen molar-refractivity contribution in [1.82, 2.24) is 19.5 Å². The van der Waals surface area contributed by atoms with E-state index in [0.717, 1.165) is 60.1 Å². The van der Waals surface area contributed by atoms with E-state index in [1.54, 1.807) is 11.3 Å². The van der Waals surface area contributed by atoms with Crippen LogP contribution >= 0.6 is 11.3 Å². The van der Waals surface area contributed by atoms with Crippen LogP contribution in [0.3, 0.4) is 0 Å². The summed E-state index contributed by atoms with van der Waals surface area (Å²) in [5.74, 6) is 1.97. The molecule has 12 rings (SSSR count). The molecule has 266 valence electrons. The first-order valence-electron chi connectivity index (χ1n) is 19.0. The quantitative estimate of drug-likeness (QED) is 0.176. The number of thiophene rings is 1. The lowest BCUT2D eigenvalue weighted by Crippen LogP contribution is -2.00. The second-order valence-electron chi connectivity index (χ2n) is 14.4. The van der Waals surface area contributed by atoms with E-state index in [-0.39, 0.29) is 0 Å². The van der Waals surface area contributed by atoms with Gasteiger partial charge in [0.15, 0.2) is 17.5 Å². The lowest BCUT2D eigenvalue weighted by atomic mass is 10.0. The number of fused-ring (bicyclic) bond motifs is 9. The summed E-state index contributed by atoms with van der Waals surface area (Å²) >= 11 is 1.78. The molecule has 0 atom stereocenters. The minimum Gasteiger partial charge on any atom is -0.456 e. The molecule has 12 aromatic rings. The first-order chi connectivity index (χ1) is 28.2. The van der Waals surface area contributed by atoms with Crippen LogP contribution in [-0.4, -0.2) is 19.5 Å². The van der Waals surface area contributed by atoms with Crippen molar-refractivity contribution in [3.8, 4) is 51.0 Å². The Bertz CT molecular complexity index is 3420. The van der Waals surface area contributed by atoms with Gasteiger partial charge in [-0.2, -0.15) is 0 Å². The molecule has 6 heteroatoms. The summed E-state index contributed by atoms with van der Waals surface area (Å²) in [5.41, 5.74) is 10.4. The monoisotopic (exact) mass is 746 g/mol. The molecular weight excluding hydrogens is 717 g/mol. The van der Waals surface area contributed by atoms with Crippen molar-refractivity contribution in [3.63, 3.8) is 0 Å². The average Bonchev–Trinajstić information content (AvgIpc) is 3.96. The van der Waals surface area contributed by atoms with Crippen LogP contribution in [0.5, 0.6) is 0 Å². The summed E-state index contributed by atoms with van der Waals surface area (Å²) in [5, 5.41) is 7.07. The standard InChI is InChI=1S/C51H30N4OS/c1-3-13-31(14-4-1)49-52-50(32-15-5-2-6-16-32)54-51(53-49)39-20-11-19-37-40-29-33(26-28-46(40)57-48(37)39)34-25-27-38-45(30-34)56-44-24-12-23-43(47(38)44)55-41-21-9-7-17-35(41)36-18-8-10-22-42(36)55/h1-30H. The van der Waals surface area contributed by atoms with E-state index >= 15 is 0 Å². The smallest absolute Gasteiger partial charge is 0.165 e. The maximum absolute atomic E-state index is 6.64. The minimum absolute atomic E-state index is 0.656. The highest BCUT2D eigenvalue weighted by Gasteiger charge is 2.20. The number of rotatable bonds is 5. The summed E-state index contributed by atoms with van der Waals surface area (Å²) in [6, 6.07) is 63.7. The van der Waals surface area contributed by atoms with Gasteiger partial charge in [0.1, 0.15) is 11.2 Å². The van der Waals surface area contributed by atoms with E-state index in [1.165, 1.54) is 37.3 Å². The second kappa shape index (κ2) is 12.6. The van der Waals surface area contributed by atoms with Gasteiger partial charge in [0.2, 0.25) is 0 Å². The van der Waals surface area contributed by atoms with Crippen molar-refractivity contribution in [3.05, 3.63) is 182 Å². The molecule has 0 bridgehead atoms. The molecule has 0 aliphatic heterocycles. The molecule has 0 radical (unpaired) electrons. The molecule has 4 aromatic heterocycles. The van der Waals surface area contributed by atoms with Crippen LogP contribution in [0.1, 0.15) is 0 Å². The van der Waals surface area contributed by atoms with E-state index in [1.807, 2.05) is 60.7 Å². The Balaban J connectivity index is 0.985. The van der Waals surface area contributed by atoms with E-state index in [9.17, 15) is 0 Å². The zero-order valence-corrected chi connectivity index (χ0v) is 31.2. The highest BCUT2D eigenvalue weighted by atomic mass is 32.1.